The van der Waals surface area contributed by atoms with E-state index in [2.05, 4.69) is 15.9 Å². The van der Waals surface area contributed by atoms with E-state index in [1.54, 1.807) is 12.1 Å². The molecular formula is C14H19BrFNS. The Labute approximate surface area is 121 Å². The Kier molecular flexibility index (Phi) is 5.52. The molecule has 2 N–H and O–H groups in total. The molecule has 4 heteroatoms. The monoisotopic (exact) mass is 331 g/mol. The van der Waals surface area contributed by atoms with Crippen LogP contribution in [0.3, 0.4) is 0 Å². The van der Waals surface area contributed by atoms with Crippen LogP contribution >= 0.6 is 27.7 Å². The van der Waals surface area contributed by atoms with Gasteiger partial charge in [0, 0.05) is 27.1 Å². The lowest BCUT2D eigenvalue weighted by molar-refractivity contribution is 0.515. The third kappa shape index (κ3) is 3.97. The van der Waals surface area contributed by atoms with Crippen molar-refractivity contribution in [2.45, 2.75) is 43.4 Å². The van der Waals surface area contributed by atoms with E-state index in [0.717, 1.165) is 15.5 Å². The molecule has 0 saturated heterocycles. The Morgan fingerprint density at radius 1 is 1.33 bits per heavy atom. The van der Waals surface area contributed by atoms with Crippen LogP contribution in [0.5, 0.6) is 0 Å². The van der Waals surface area contributed by atoms with Crippen LogP contribution in [0.2, 0.25) is 0 Å². The van der Waals surface area contributed by atoms with Crippen molar-refractivity contribution in [1.82, 2.24) is 0 Å². The summed E-state index contributed by atoms with van der Waals surface area (Å²) in [6.07, 6.45) is 6.61. The predicted molar refractivity (Wildman–Crippen MR) is 80.4 cm³/mol. The van der Waals surface area contributed by atoms with Crippen LogP contribution in [-0.4, -0.2) is 11.0 Å². The van der Waals surface area contributed by atoms with Crippen molar-refractivity contribution in [3.63, 3.8) is 0 Å². The van der Waals surface area contributed by atoms with Gasteiger partial charge in [-0.15, -0.1) is 0 Å². The number of halogens is 2. The molecule has 1 nitrogen and oxygen atoms in total. The molecule has 1 aliphatic carbocycles. The summed E-state index contributed by atoms with van der Waals surface area (Å²) in [5.74, 6) is 0.604. The smallest absolute Gasteiger partial charge is 0.128 e. The van der Waals surface area contributed by atoms with Gasteiger partial charge in [-0.05, 0) is 31.0 Å². The van der Waals surface area contributed by atoms with Crippen LogP contribution in [0.4, 0.5) is 4.39 Å². The van der Waals surface area contributed by atoms with Gasteiger partial charge in [0.1, 0.15) is 5.82 Å². The molecule has 0 aliphatic heterocycles. The van der Waals surface area contributed by atoms with Crippen molar-refractivity contribution in [2.75, 3.05) is 5.75 Å². The minimum atomic E-state index is -0.213. The van der Waals surface area contributed by atoms with Crippen LogP contribution in [0.1, 0.15) is 43.7 Å². The standard InChI is InChI=1S/C14H19BrFNS/c15-10-6-7-13(16)12(8-10)14(17)9-18-11-4-2-1-3-5-11/h6-8,11,14H,1-5,9,17H2. The van der Waals surface area contributed by atoms with Gasteiger partial charge in [-0.25, -0.2) is 4.39 Å². The third-order valence-electron chi connectivity index (χ3n) is 3.42. The molecule has 1 saturated carbocycles. The first-order valence-electron chi connectivity index (χ1n) is 6.49. The van der Waals surface area contributed by atoms with Crippen LogP contribution in [0, 0.1) is 5.82 Å². The zero-order chi connectivity index (χ0) is 13.0. The molecule has 1 aliphatic rings. The van der Waals surface area contributed by atoms with Crippen molar-refractivity contribution < 1.29 is 4.39 Å². The van der Waals surface area contributed by atoms with Crippen molar-refractivity contribution in [3.8, 4) is 0 Å². The maximum absolute atomic E-state index is 13.7. The van der Waals surface area contributed by atoms with Gasteiger partial charge in [-0.3, -0.25) is 0 Å². The first kappa shape index (κ1) is 14.4. The summed E-state index contributed by atoms with van der Waals surface area (Å²) in [6, 6.07) is 4.76. The average molecular weight is 332 g/mol. The average Bonchev–Trinajstić information content (AvgIpc) is 2.40. The van der Waals surface area contributed by atoms with Gasteiger partial charge in [0.2, 0.25) is 0 Å². The largest absolute Gasteiger partial charge is 0.323 e. The van der Waals surface area contributed by atoms with Gasteiger partial charge in [-0.2, -0.15) is 11.8 Å². The van der Waals surface area contributed by atoms with Gasteiger partial charge < -0.3 is 5.73 Å². The lowest BCUT2D eigenvalue weighted by Crippen LogP contribution is -2.18. The highest BCUT2D eigenvalue weighted by Crippen LogP contribution is 2.31. The third-order valence-corrected chi connectivity index (χ3v) is 5.41. The van der Waals surface area contributed by atoms with Crippen LogP contribution < -0.4 is 5.73 Å². The van der Waals surface area contributed by atoms with E-state index in [1.165, 1.54) is 38.2 Å². The second-order valence-electron chi connectivity index (χ2n) is 4.87. The quantitative estimate of drug-likeness (QED) is 0.868. The molecule has 0 heterocycles. The molecule has 18 heavy (non-hydrogen) atoms. The summed E-state index contributed by atoms with van der Waals surface area (Å²) in [5.41, 5.74) is 6.72. The molecule has 1 aromatic rings. The highest BCUT2D eigenvalue weighted by atomic mass is 79.9. The minimum absolute atomic E-state index is 0.199. The summed E-state index contributed by atoms with van der Waals surface area (Å²) in [7, 11) is 0. The van der Waals surface area contributed by atoms with Crippen LogP contribution in [0.15, 0.2) is 22.7 Å². The Morgan fingerprint density at radius 3 is 2.78 bits per heavy atom. The zero-order valence-corrected chi connectivity index (χ0v) is 12.8. The molecule has 2 rings (SSSR count). The van der Waals surface area contributed by atoms with Gasteiger partial charge in [0.25, 0.3) is 0 Å². The van der Waals surface area contributed by atoms with E-state index in [9.17, 15) is 4.39 Å². The number of nitrogens with two attached hydrogens (primary N) is 1. The topological polar surface area (TPSA) is 26.0 Å². The first-order valence-corrected chi connectivity index (χ1v) is 8.33. The molecule has 0 spiro atoms. The molecule has 1 unspecified atom stereocenters. The second kappa shape index (κ2) is 6.92. The van der Waals surface area contributed by atoms with Crippen molar-refractivity contribution in [2.24, 2.45) is 5.73 Å². The lowest BCUT2D eigenvalue weighted by atomic mass is 10.0. The number of benzene rings is 1. The van der Waals surface area contributed by atoms with Gasteiger partial charge in [0.15, 0.2) is 0 Å². The Bertz CT molecular complexity index is 393. The molecule has 0 aromatic heterocycles. The Balaban J connectivity index is 1.90. The fourth-order valence-electron chi connectivity index (χ4n) is 2.36. The van der Waals surface area contributed by atoms with E-state index >= 15 is 0 Å². The molecule has 0 amide bonds. The number of thioether (sulfide) groups is 1. The molecule has 1 fully saturated rings. The van der Waals surface area contributed by atoms with Crippen LogP contribution in [-0.2, 0) is 0 Å². The minimum Gasteiger partial charge on any atom is -0.323 e. The molecular weight excluding hydrogens is 313 g/mol. The summed E-state index contributed by atoms with van der Waals surface area (Å²) < 4.78 is 14.6. The van der Waals surface area contributed by atoms with Gasteiger partial charge >= 0.3 is 0 Å². The number of rotatable bonds is 4. The van der Waals surface area contributed by atoms with Crippen molar-refractivity contribution in [1.29, 1.82) is 0 Å². The van der Waals surface area contributed by atoms with Crippen molar-refractivity contribution in [3.05, 3.63) is 34.1 Å². The Morgan fingerprint density at radius 2 is 2.06 bits per heavy atom. The van der Waals surface area contributed by atoms with Crippen molar-refractivity contribution >= 4 is 27.7 Å². The highest BCUT2D eigenvalue weighted by Gasteiger charge is 2.17. The fourth-order valence-corrected chi connectivity index (χ4v) is 4.06. The molecule has 1 atom stereocenters. The Hall–Kier alpha value is -0.0600. The van der Waals surface area contributed by atoms with Crippen LogP contribution in [0.25, 0.3) is 0 Å². The van der Waals surface area contributed by atoms with E-state index in [1.807, 2.05) is 11.8 Å². The summed E-state index contributed by atoms with van der Waals surface area (Å²) >= 11 is 5.27. The van der Waals surface area contributed by atoms with Gasteiger partial charge in [-0.1, -0.05) is 35.2 Å². The molecule has 0 bridgehead atoms. The predicted octanol–water partition coefficient (Wildman–Crippen LogP) is 4.65. The van der Waals surface area contributed by atoms with E-state index in [-0.39, 0.29) is 11.9 Å². The lowest BCUT2D eigenvalue weighted by Gasteiger charge is -2.23. The fraction of sp³-hybridized carbons (Fsp3) is 0.571. The molecule has 1 aromatic carbocycles. The zero-order valence-electron chi connectivity index (χ0n) is 10.4. The molecule has 100 valence electrons. The summed E-state index contributed by atoms with van der Waals surface area (Å²) in [5, 5.41) is 0.722. The summed E-state index contributed by atoms with van der Waals surface area (Å²) in [6.45, 7) is 0. The number of hydrogen-bond acceptors (Lipinski definition) is 2. The number of hydrogen-bond donors (Lipinski definition) is 1. The first-order chi connectivity index (χ1) is 8.66. The second-order valence-corrected chi connectivity index (χ2v) is 7.11. The van der Waals surface area contributed by atoms with E-state index in [4.69, 9.17) is 5.73 Å². The maximum Gasteiger partial charge on any atom is 0.128 e. The van der Waals surface area contributed by atoms with E-state index < -0.39 is 0 Å². The summed E-state index contributed by atoms with van der Waals surface area (Å²) in [4.78, 5) is 0. The van der Waals surface area contributed by atoms with Gasteiger partial charge in [0.05, 0.1) is 0 Å². The maximum atomic E-state index is 13.7. The SMILES string of the molecule is NC(CSC1CCCCC1)c1cc(Br)ccc1F. The normalized spacial score (nSPS) is 18.8. The van der Waals surface area contributed by atoms with E-state index in [0.29, 0.717) is 5.56 Å². The molecule has 0 radical (unpaired) electrons. The highest BCUT2D eigenvalue weighted by molar-refractivity contribution is 9.10.